The van der Waals surface area contributed by atoms with Crippen LogP contribution in [-0.2, 0) is 4.74 Å². The number of nitrogens with two attached hydrogens (primary N) is 1. The first kappa shape index (κ1) is 14.1. The van der Waals surface area contributed by atoms with Crippen molar-refractivity contribution in [2.24, 2.45) is 0 Å². The third kappa shape index (κ3) is 2.55. The van der Waals surface area contributed by atoms with Crippen LogP contribution >= 0.6 is 0 Å². The predicted molar refractivity (Wildman–Crippen MR) is 81.4 cm³/mol. The van der Waals surface area contributed by atoms with Crippen LogP contribution in [0.5, 0.6) is 0 Å². The molecule has 0 radical (unpaired) electrons. The maximum absolute atomic E-state index is 12.0. The van der Waals surface area contributed by atoms with Crippen molar-refractivity contribution >= 4 is 17.5 Å². The highest BCUT2D eigenvalue weighted by Crippen LogP contribution is 2.30. The lowest BCUT2D eigenvalue weighted by Crippen LogP contribution is -2.55. The standard InChI is InChI=1S/C15H22N4O2/c1-10-8-18-5-3-4-12(18)9-19(10)14-13(15(20)21-2)6-11(16)7-17-14/h6-7,10,12H,3-5,8-9,16H2,1-2H3. The number of hydrogen-bond donors (Lipinski definition) is 1. The molecule has 3 heterocycles. The fourth-order valence-corrected chi connectivity index (χ4v) is 3.45. The SMILES string of the molecule is COC(=O)c1cc(N)cnc1N1CC2CCCN2CC1C. The Morgan fingerprint density at radius 1 is 1.48 bits per heavy atom. The van der Waals surface area contributed by atoms with Gasteiger partial charge in [-0.3, -0.25) is 4.90 Å². The van der Waals surface area contributed by atoms with Crippen molar-refractivity contribution in [1.29, 1.82) is 0 Å². The van der Waals surface area contributed by atoms with Gasteiger partial charge < -0.3 is 15.4 Å². The highest BCUT2D eigenvalue weighted by Gasteiger charge is 2.36. The van der Waals surface area contributed by atoms with Crippen LogP contribution < -0.4 is 10.6 Å². The Morgan fingerprint density at radius 2 is 2.29 bits per heavy atom. The summed E-state index contributed by atoms with van der Waals surface area (Å²) < 4.78 is 4.87. The molecule has 2 aliphatic heterocycles. The molecule has 3 rings (SSSR count). The van der Waals surface area contributed by atoms with E-state index in [2.05, 4.69) is 21.7 Å². The van der Waals surface area contributed by atoms with Crippen molar-refractivity contribution in [3.05, 3.63) is 17.8 Å². The Morgan fingerprint density at radius 3 is 3.05 bits per heavy atom. The quantitative estimate of drug-likeness (QED) is 0.823. The molecule has 2 N–H and O–H groups in total. The molecule has 2 atom stereocenters. The Balaban J connectivity index is 1.93. The zero-order valence-corrected chi connectivity index (χ0v) is 12.6. The number of esters is 1. The Kier molecular flexibility index (Phi) is 3.71. The van der Waals surface area contributed by atoms with Gasteiger partial charge in [-0.05, 0) is 32.4 Å². The topological polar surface area (TPSA) is 71.7 Å². The number of ether oxygens (including phenoxy) is 1. The lowest BCUT2D eigenvalue weighted by Gasteiger charge is -2.43. The number of piperazine rings is 1. The highest BCUT2D eigenvalue weighted by atomic mass is 16.5. The summed E-state index contributed by atoms with van der Waals surface area (Å²) in [5.74, 6) is 0.306. The number of anilines is 2. The minimum absolute atomic E-state index is 0.318. The number of fused-ring (bicyclic) bond motifs is 1. The largest absolute Gasteiger partial charge is 0.465 e. The minimum atomic E-state index is -0.383. The second-order valence-corrected chi connectivity index (χ2v) is 5.92. The maximum atomic E-state index is 12.0. The number of pyridine rings is 1. The van der Waals surface area contributed by atoms with E-state index in [4.69, 9.17) is 10.5 Å². The van der Waals surface area contributed by atoms with Gasteiger partial charge in [0.1, 0.15) is 11.4 Å². The number of nitrogens with zero attached hydrogens (tertiary/aromatic N) is 3. The van der Waals surface area contributed by atoms with Gasteiger partial charge in [0.25, 0.3) is 0 Å². The monoisotopic (exact) mass is 290 g/mol. The zero-order chi connectivity index (χ0) is 15.0. The van der Waals surface area contributed by atoms with Crippen LogP contribution in [0.3, 0.4) is 0 Å². The Hall–Kier alpha value is -1.82. The zero-order valence-electron chi connectivity index (χ0n) is 12.6. The third-order valence-electron chi connectivity index (χ3n) is 4.50. The Bertz CT molecular complexity index is 548. The summed E-state index contributed by atoms with van der Waals surface area (Å²) in [6, 6.07) is 2.53. The van der Waals surface area contributed by atoms with E-state index >= 15 is 0 Å². The van der Waals surface area contributed by atoms with Crippen LogP contribution in [0.2, 0.25) is 0 Å². The van der Waals surface area contributed by atoms with Gasteiger partial charge in [-0.1, -0.05) is 0 Å². The van der Waals surface area contributed by atoms with Gasteiger partial charge in [-0.25, -0.2) is 9.78 Å². The van der Waals surface area contributed by atoms with E-state index in [9.17, 15) is 4.79 Å². The van der Waals surface area contributed by atoms with Crippen LogP contribution in [0.25, 0.3) is 0 Å². The van der Waals surface area contributed by atoms with E-state index in [1.54, 1.807) is 12.3 Å². The molecule has 0 saturated carbocycles. The molecule has 0 aliphatic carbocycles. The van der Waals surface area contributed by atoms with E-state index in [0.717, 1.165) is 13.1 Å². The smallest absolute Gasteiger partial charge is 0.341 e. The molecule has 6 nitrogen and oxygen atoms in total. The molecule has 2 fully saturated rings. The van der Waals surface area contributed by atoms with Crippen LogP contribution in [0.4, 0.5) is 11.5 Å². The molecule has 6 heteroatoms. The van der Waals surface area contributed by atoms with Crippen LogP contribution in [0.1, 0.15) is 30.1 Å². The number of rotatable bonds is 2. The normalized spacial score (nSPS) is 25.7. The molecule has 1 aromatic heterocycles. The summed E-state index contributed by atoms with van der Waals surface area (Å²) in [6.45, 7) is 5.27. The summed E-state index contributed by atoms with van der Waals surface area (Å²) >= 11 is 0. The summed E-state index contributed by atoms with van der Waals surface area (Å²) in [6.07, 6.45) is 4.07. The molecule has 0 bridgehead atoms. The number of aromatic nitrogens is 1. The van der Waals surface area contributed by atoms with E-state index < -0.39 is 0 Å². The molecule has 2 aliphatic rings. The van der Waals surface area contributed by atoms with Gasteiger partial charge in [0.05, 0.1) is 19.0 Å². The summed E-state index contributed by atoms with van der Waals surface area (Å²) in [4.78, 5) is 21.2. The first-order valence-corrected chi connectivity index (χ1v) is 7.44. The van der Waals surface area contributed by atoms with E-state index in [0.29, 0.717) is 29.2 Å². The molecule has 2 unspecified atom stereocenters. The predicted octanol–water partition coefficient (Wildman–Crippen LogP) is 1.12. The van der Waals surface area contributed by atoms with E-state index in [-0.39, 0.29) is 5.97 Å². The first-order chi connectivity index (χ1) is 10.1. The van der Waals surface area contributed by atoms with Crippen molar-refractivity contribution in [2.75, 3.05) is 37.4 Å². The lowest BCUT2D eigenvalue weighted by atomic mass is 10.1. The fraction of sp³-hybridized carbons (Fsp3) is 0.600. The van der Waals surface area contributed by atoms with E-state index in [1.165, 1.54) is 26.5 Å². The van der Waals surface area contributed by atoms with Crippen molar-refractivity contribution < 1.29 is 9.53 Å². The number of carbonyl (C=O) groups is 1. The molecule has 0 spiro atoms. The molecular weight excluding hydrogens is 268 g/mol. The maximum Gasteiger partial charge on any atom is 0.341 e. The number of nitrogen functional groups attached to an aromatic ring is 1. The summed E-state index contributed by atoms with van der Waals surface area (Å²) in [5.41, 5.74) is 6.71. The van der Waals surface area contributed by atoms with Crippen LogP contribution in [0, 0.1) is 0 Å². The number of methoxy groups -OCH3 is 1. The number of carbonyl (C=O) groups excluding carboxylic acids is 1. The molecule has 2 saturated heterocycles. The second-order valence-electron chi connectivity index (χ2n) is 5.92. The molecule has 0 aromatic carbocycles. The van der Waals surface area contributed by atoms with Gasteiger partial charge in [0.2, 0.25) is 0 Å². The van der Waals surface area contributed by atoms with Gasteiger partial charge in [0.15, 0.2) is 0 Å². The molecule has 21 heavy (non-hydrogen) atoms. The lowest BCUT2D eigenvalue weighted by molar-refractivity contribution is 0.0600. The molecule has 1 aromatic rings. The highest BCUT2D eigenvalue weighted by molar-refractivity contribution is 5.95. The summed E-state index contributed by atoms with van der Waals surface area (Å²) in [5, 5.41) is 0. The number of hydrogen-bond acceptors (Lipinski definition) is 6. The summed E-state index contributed by atoms with van der Waals surface area (Å²) in [7, 11) is 1.38. The third-order valence-corrected chi connectivity index (χ3v) is 4.50. The van der Waals surface area contributed by atoms with E-state index in [1.807, 2.05) is 0 Å². The molecule has 114 valence electrons. The van der Waals surface area contributed by atoms with Crippen molar-refractivity contribution in [3.63, 3.8) is 0 Å². The van der Waals surface area contributed by atoms with Crippen LogP contribution in [0.15, 0.2) is 12.3 Å². The molecule has 0 amide bonds. The average Bonchev–Trinajstić information content (AvgIpc) is 2.92. The van der Waals surface area contributed by atoms with Gasteiger partial charge in [-0.2, -0.15) is 0 Å². The van der Waals surface area contributed by atoms with Gasteiger partial charge >= 0.3 is 5.97 Å². The van der Waals surface area contributed by atoms with Crippen molar-refractivity contribution in [1.82, 2.24) is 9.88 Å². The second kappa shape index (κ2) is 5.52. The molecular formula is C15H22N4O2. The van der Waals surface area contributed by atoms with Crippen molar-refractivity contribution in [2.45, 2.75) is 31.8 Å². The van der Waals surface area contributed by atoms with Crippen molar-refractivity contribution in [3.8, 4) is 0 Å². The van der Waals surface area contributed by atoms with Gasteiger partial charge in [0, 0.05) is 25.2 Å². The minimum Gasteiger partial charge on any atom is -0.465 e. The Labute approximate surface area is 124 Å². The average molecular weight is 290 g/mol. The first-order valence-electron chi connectivity index (χ1n) is 7.44. The van der Waals surface area contributed by atoms with Gasteiger partial charge in [-0.15, -0.1) is 0 Å². The van der Waals surface area contributed by atoms with Crippen LogP contribution in [-0.4, -0.2) is 54.7 Å². The fourth-order valence-electron chi connectivity index (χ4n) is 3.45.